The van der Waals surface area contributed by atoms with E-state index in [0.29, 0.717) is 24.0 Å². The van der Waals surface area contributed by atoms with Crippen LogP contribution in [0.25, 0.3) is 0 Å². The molecule has 0 aliphatic carbocycles. The largest absolute Gasteiger partial charge is 0.311 e. The summed E-state index contributed by atoms with van der Waals surface area (Å²) in [5.74, 6) is 0.472. The number of nitrogens with one attached hydrogen (secondary N) is 1. The maximum atomic E-state index is 13.0. The highest BCUT2D eigenvalue weighted by Gasteiger charge is 2.30. The van der Waals surface area contributed by atoms with Crippen LogP contribution in [-0.2, 0) is 0 Å². The number of benzene rings is 1. The summed E-state index contributed by atoms with van der Waals surface area (Å²) in [6.07, 6.45) is 0. The molecule has 0 amide bonds. The van der Waals surface area contributed by atoms with Gasteiger partial charge < -0.3 is 5.32 Å². The van der Waals surface area contributed by atoms with E-state index in [4.69, 9.17) is 0 Å². The van der Waals surface area contributed by atoms with Crippen LogP contribution < -0.4 is 5.32 Å². The zero-order valence-corrected chi connectivity index (χ0v) is 12.4. The van der Waals surface area contributed by atoms with Crippen molar-refractivity contribution in [2.24, 2.45) is 5.92 Å². The highest BCUT2D eigenvalue weighted by atomic mass is 19.1. The molecular weight excluding hydrogens is 239 g/mol. The minimum Gasteiger partial charge on any atom is -0.311 e. The average molecular weight is 264 g/mol. The van der Waals surface area contributed by atoms with E-state index < -0.39 is 0 Å². The Hall–Kier alpha value is -0.930. The van der Waals surface area contributed by atoms with E-state index in [2.05, 4.69) is 37.9 Å². The van der Waals surface area contributed by atoms with Crippen molar-refractivity contribution < 1.29 is 4.39 Å². The van der Waals surface area contributed by atoms with E-state index in [-0.39, 0.29) is 5.82 Å². The van der Waals surface area contributed by atoms with Crippen LogP contribution in [0.2, 0.25) is 0 Å². The topological polar surface area (TPSA) is 15.3 Å². The molecule has 0 saturated carbocycles. The molecule has 1 aromatic carbocycles. The summed E-state index contributed by atoms with van der Waals surface area (Å²) >= 11 is 0. The Morgan fingerprint density at radius 2 is 1.84 bits per heavy atom. The van der Waals surface area contributed by atoms with E-state index >= 15 is 0 Å². The van der Waals surface area contributed by atoms with Crippen LogP contribution >= 0.6 is 0 Å². The number of piperazine rings is 1. The van der Waals surface area contributed by atoms with Crippen molar-refractivity contribution in [2.45, 2.75) is 45.8 Å². The summed E-state index contributed by atoms with van der Waals surface area (Å²) in [5.41, 5.74) is 1.19. The summed E-state index contributed by atoms with van der Waals surface area (Å²) < 4.78 is 13.0. The third-order valence-electron chi connectivity index (χ3n) is 4.30. The van der Waals surface area contributed by atoms with E-state index in [9.17, 15) is 4.39 Å². The Kier molecular flexibility index (Phi) is 4.58. The Morgan fingerprint density at radius 1 is 1.21 bits per heavy atom. The molecule has 1 N–H and O–H groups in total. The van der Waals surface area contributed by atoms with Gasteiger partial charge in [-0.25, -0.2) is 4.39 Å². The molecule has 3 atom stereocenters. The van der Waals surface area contributed by atoms with Gasteiger partial charge in [-0.1, -0.05) is 26.0 Å². The fourth-order valence-corrected chi connectivity index (χ4v) is 2.83. The van der Waals surface area contributed by atoms with Crippen molar-refractivity contribution in [1.82, 2.24) is 10.2 Å². The Balaban J connectivity index is 2.11. The quantitative estimate of drug-likeness (QED) is 0.902. The van der Waals surface area contributed by atoms with Gasteiger partial charge in [0.1, 0.15) is 5.82 Å². The summed E-state index contributed by atoms with van der Waals surface area (Å²) in [6, 6.07) is 8.29. The van der Waals surface area contributed by atoms with Crippen LogP contribution in [0.4, 0.5) is 4.39 Å². The highest BCUT2D eigenvalue weighted by molar-refractivity contribution is 5.20. The van der Waals surface area contributed by atoms with Gasteiger partial charge in [-0.15, -0.1) is 0 Å². The van der Waals surface area contributed by atoms with E-state index in [1.54, 1.807) is 12.1 Å². The van der Waals surface area contributed by atoms with Crippen molar-refractivity contribution >= 4 is 0 Å². The van der Waals surface area contributed by atoms with Crippen LogP contribution in [0.5, 0.6) is 0 Å². The standard InChI is InChI=1S/C16H25FN2/c1-11(2)16-10-19(12(3)9-18-16)13(4)14-5-7-15(17)8-6-14/h5-8,11-13,16,18H,9-10H2,1-4H3. The molecule has 0 spiro atoms. The molecule has 1 fully saturated rings. The lowest BCUT2D eigenvalue weighted by molar-refractivity contribution is 0.0852. The molecule has 106 valence electrons. The van der Waals surface area contributed by atoms with Gasteiger partial charge in [0.2, 0.25) is 0 Å². The molecule has 1 aliphatic heterocycles. The number of hydrogen-bond acceptors (Lipinski definition) is 2. The molecule has 1 aromatic rings. The fraction of sp³-hybridized carbons (Fsp3) is 0.625. The second-order valence-corrected chi connectivity index (χ2v) is 6.03. The van der Waals surface area contributed by atoms with E-state index in [1.807, 2.05) is 12.1 Å². The lowest BCUT2D eigenvalue weighted by Gasteiger charge is -2.43. The van der Waals surface area contributed by atoms with Gasteiger partial charge in [0.05, 0.1) is 0 Å². The first-order valence-corrected chi connectivity index (χ1v) is 7.23. The summed E-state index contributed by atoms with van der Waals surface area (Å²) in [6.45, 7) is 11.1. The SMILES string of the molecule is CC(C)C1CN(C(C)c2ccc(F)cc2)C(C)CN1. The zero-order chi connectivity index (χ0) is 14.0. The van der Waals surface area contributed by atoms with Crippen molar-refractivity contribution in [3.8, 4) is 0 Å². The maximum Gasteiger partial charge on any atom is 0.123 e. The molecule has 19 heavy (non-hydrogen) atoms. The van der Waals surface area contributed by atoms with Crippen molar-refractivity contribution in [2.75, 3.05) is 13.1 Å². The molecular formula is C16H25FN2. The van der Waals surface area contributed by atoms with E-state index in [0.717, 1.165) is 13.1 Å². The zero-order valence-electron chi connectivity index (χ0n) is 12.4. The lowest BCUT2D eigenvalue weighted by Crippen LogP contribution is -2.57. The van der Waals surface area contributed by atoms with Crippen molar-refractivity contribution in [3.05, 3.63) is 35.6 Å². The van der Waals surface area contributed by atoms with E-state index in [1.165, 1.54) is 5.56 Å². The first-order chi connectivity index (χ1) is 8.99. The van der Waals surface area contributed by atoms with Gasteiger partial charge in [-0.05, 0) is 37.5 Å². The van der Waals surface area contributed by atoms with Gasteiger partial charge in [0.15, 0.2) is 0 Å². The van der Waals surface area contributed by atoms with Gasteiger partial charge in [0, 0.05) is 31.2 Å². The number of hydrogen-bond donors (Lipinski definition) is 1. The Bertz CT molecular complexity index is 402. The van der Waals surface area contributed by atoms with Crippen LogP contribution in [0.3, 0.4) is 0 Å². The molecule has 1 heterocycles. The molecule has 0 bridgehead atoms. The molecule has 0 aromatic heterocycles. The van der Waals surface area contributed by atoms with Gasteiger partial charge in [-0.2, -0.15) is 0 Å². The monoisotopic (exact) mass is 264 g/mol. The lowest BCUT2D eigenvalue weighted by atomic mass is 9.96. The van der Waals surface area contributed by atoms with Gasteiger partial charge in [0.25, 0.3) is 0 Å². The minimum absolute atomic E-state index is 0.163. The predicted molar refractivity (Wildman–Crippen MR) is 77.6 cm³/mol. The normalized spacial score (nSPS) is 26.6. The first-order valence-electron chi connectivity index (χ1n) is 7.23. The van der Waals surface area contributed by atoms with Crippen molar-refractivity contribution in [1.29, 1.82) is 0 Å². The number of rotatable bonds is 3. The minimum atomic E-state index is -0.163. The van der Waals surface area contributed by atoms with Gasteiger partial charge in [-0.3, -0.25) is 4.90 Å². The third-order valence-corrected chi connectivity index (χ3v) is 4.30. The average Bonchev–Trinajstić information content (AvgIpc) is 2.39. The Morgan fingerprint density at radius 3 is 2.42 bits per heavy atom. The maximum absolute atomic E-state index is 13.0. The second-order valence-electron chi connectivity index (χ2n) is 6.03. The third kappa shape index (κ3) is 3.34. The predicted octanol–water partition coefficient (Wildman–Crippen LogP) is 3.21. The molecule has 2 rings (SSSR count). The summed E-state index contributed by atoms with van der Waals surface area (Å²) in [5, 5.41) is 3.61. The van der Waals surface area contributed by atoms with Crippen LogP contribution in [0.1, 0.15) is 39.3 Å². The Labute approximate surface area is 116 Å². The number of halogens is 1. The van der Waals surface area contributed by atoms with Crippen LogP contribution in [0.15, 0.2) is 24.3 Å². The molecule has 2 nitrogen and oxygen atoms in total. The molecule has 1 aliphatic rings. The van der Waals surface area contributed by atoms with Crippen LogP contribution in [-0.4, -0.2) is 30.1 Å². The first kappa shape index (κ1) is 14.5. The summed E-state index contributed by atoms with van der Waals surface area (Å²) in [4.78, 5) is 2.52. The van der Waals surface area contributed by atoms with Crippen molar-refractivity contribution in [3.63, 3.8) is 0 Å². The smallest absolute Gasteiger partial charge is 0.123 e. The molecule has 3 unspecified atom stereocenters. The summed E-state index contributed by atoms with van der Waals surface area (Å²) in [7, 11) is 0. The van der Waals surface area contributed by atoms with Crippen LogP contribution in [0, 0.1) is 11.7 Å². The highest BCUT2D eigenvalue weighted by Crippen LogP contribution is 2.25. The fourth-order valence-electron chi connectivity index (χ4n) is 2.83. The molecule has 3 heteroatoms. The van der Waals surface area contributed by atoms with Gasteiger partial charge >= 0.3 is 0 Å². The number of nitrogens with zero attached hydrogens (tertiary/aromatic N) is 1. The second kappa shape index (κ2) is 6.02. The molecule has 0 radical (unpaired) electrons. The molecule has 1 saturated heterocycles.